The first kappa shape index (κ1) is 14.9. The smallest absolute Gasteiger partial charge is 0.158 e. The summed E-state index contributed by atoms with van der Waals surface area (Å²) in [7, 11) is 4.02. The first-order valence-corrected chi connectivity index (χ1v) is 7.62. The highest BCUT2D eigenvalue weighted by atomic mass is 79.9. The minimum Gasteiger partial charge on any atom is -0.311 e. The van der Waals surface area contributed by atoms with E-state index in [-0.39, 0.29) is 6.04 Å². The number of halogens is 2. The number of hydrogen-bond donors (Lipinski definition) is 1. The minimum absolute atomic E-state index is 0.0835. The summed E-state index contributed by atoms with van der Waals surface area (Å²) in [6.07, 6.45) is 3.83. The molecule has 0 aromatic carbocycles. The molecule has 6 heteroatoms. The summed E-state index contributed by atoms with van der Waals surface area (Å²) in [5.74, 6) is 0. The number of likely N-dealkylation sites (N-methyl/N-ethyl adjacent to an activating group) is 1. The minimum atomic E-state index is -1.00. The molecule has 19 heavy (non-hydrogen) atoms. The van der Waals surface area contributed by atoms with Crippen LogP contribution in [0.25, 0.3) is 0 Å². The normalized spacial score (nSPS) is 21.8. The Morgan fingerprint density at radius 3 is 3.00 bits per heavy atom. The van der Waals surface area contributed by atoms with Gasteiger partial charge in [0.2, 0.25) is 0 Å². The number of rotatable bonds is 5. The molecule has 1 saturated heterocycles. The highest BCUT2D eigenvalue weighted by Gasteiger charge is 2.29. The summed E-state index contributed by atoms with van der Waals surface area (Å²) in [4.78, 5) is 2.07. The van der Waals surface area contributed by atoms with Crippen molar-refractivity contribution in [3.05, 3.63) is 16.4 Å². The summed E-state index contributed by atoms with van der Waals surface area (Å²) in [5.41, 5.74) is 0.668. The van der Waals surface area contributed by atoms with Gasteiger partial charge in [0.1, 0.15) is 0 Å². The molecule has 2 unspecified atom stereocenters. The molecule has 0 amide bonds. The Balaban J connectivity index is 2.10. The maximum Gasteiger partial charge on any atom is 0.158 e. The third kappa shape index (κ3) is 3.77. The van der Waals surface area contributed by atoms with E-state index < -0.39 is 6.17 Å². The van der Waals surface area contributed by atoms with Gasteiger partial charge in [0.05, 0.1) is 22.9 Å². The zero-order valence-electron chi connectivity index (χ0n) is 11.6. The van der Waals surface area contributed by atoms with E-state index in [1.54, 1.807) is 10.9 Å². The molecule has 0 bridgehead atoms. The van der Waals surface area contributed by atoms with Gasteiger partial charge in [-0.25, -0.2) is 4.39 Å². The maximum absolute atomic E-state index is 14.7. The second kappa shape index (κ2) is 6.81. The number of piperidine rings is 1. The van der Waals surface area contributed by atoms with Crippen molar-refractivity contribution >= 4 is 15.9 Å². The molecule has 1 aromatic heterocycles. The van der Waals surface area contributed by atoms with E-state index in [9.17, 15) is 4.39 Å². The lowest BCUT2D eigenvalue weighted by molar-refractivity contribution is 0.206. The van der Waals surface area contributed by atoms with E-state index in [1.807, 2.05) is 14.1 Å². The highest BCUT2D eigenvalue weighted by Crippen LogP contribution is 2.31. The fourth-order valence-electron chi connectivity index (χ4n) is 2.44. The lowest BCUT2D eigenvalue weighted by Gasteiger charge is -2.27. The SMILES string of the molecule is CN(C)CCn1ncc(Br)c1C(F)C1CCCCN1. The zero-order valence-corrected chi connectivity index (χ0v) is 13.2. The highest BCUT2D eigenvalue weighted by molar-refractivity contribution is 9.10. The molecule has 108 valence electrons. The monoisotopic (exact) mass is 332 g/mol. The predicted octanol–water partition coefficient (Wildman–Crippen LogP) is 2.36. The topological polar surface area (TPSA) is 33.1 Å². The molecule has 0 aliphatic carbocycles. The van der Waals surface area contributed by atoms with E-state index >= 15 is 0 Å². The second-order valence-corrected chi connectivity index (χ2v) is 6.22. The first-order chi connectivity index (χ1) is 9.09. The Kier molecular flexibility index (Phi) is 5.36. The van der Waals surface area contributed by atoms with Crippen molar-refractivity contribution in [1.29, 1.82) is 0 Å². The molecule has 1 fully saturated rings. The summed E-state index contributed by atoms with van der Waals surface area (Å²) < 4.78 is 17.3. The van der Waals surface area contributed by atoms with Gasteiger partial charge in [0, 0.05) is 12.6 Å². The standard InChI is InChI=1S/C13H22BrFN4/c1-18(2)7-8-19-13(10(14)9-17-19)12(15)11-5-3-4-6-16-11/h9,11-12,16H,3-8H2,1-2H3. The molecule has 0 spiro atoms. The van der Waals surface area contributed by atoms with Gasteiger partial charge in [-0.3, -0.25) is 4.68 Å². The van der Waals surface area contributed by atoms with E-state index in [1.165, 1.54) is 0 Å². The van der Waals surface area contributed by atoms with Crippen LogP contribution in [0, 0.1) is 0 Å². The van der Waals surface area contributed by atoms with Crippen LogP contribution >= 0.6 is 15.9 Å². The van der Waals surface area contributed by atoms with E-state index in [0.29, 0.717) is 12.2 Å². The Bertz CT molecular complexity index is 401. The Labute approximate surface area is 122 Å². The van der Waals surface area contributed by atoms with Crippen LogP contribution < -0.4 is 5.32 Å². The lowest BCUT2D eigenvalue weighted by Crippen LogP contribution is -2.38. The third-order valence-corrected chi connectivity index (χ3v) is 4.17. The molecule has 1 aliphatic rings. The van der Waals surface area contributed by atoms with Gasteiger partial charge >= 0.3 is 0 Å². The van der Waals surface area contributed by atoms with Crippen LogP contribution in [-0.2, 0) is 6.54 Å². The molecular formula is C13H22BrFN4. The molecule has 2 rings (SSSR count). The van der Waals surface area contributed by atoms with Crippen LogP contribution in [-0.4, -0.2) is 47.9 Å². The van der Waals surface area contributed by atoms with Crippen LogP contribution in [0.4, 0.5) is 4.39 Å². The van der Waals surface area contributed by atoms with Crippen molar-refractivity contribution in [1.82, 2.24) is 20.0 Å². The van der Waals surface area contributed by atoms with Crippen LogP contribution in [0.2, 0.25) is 0 Å². The summed E-state index contributed by atoms with van der Waals surface area (Å²) in [5, 5.41) is 7.56. The number of alkyl halides is 1. The van der Waals surface area contributed by atoms with Gasteiger partial charge in [0.15, 0.2) is 6.17 Å². The van der Waals surface area contributed by atoms with Crippen molar-refractivity contribution < 1.29 is 4.39 Å². The van der Waals surface area contributed by atoms with Gasteiger partial charge in [-0.1, -0.05) is 6.42 Å². The molecule has 1 N–H and O–H groups in total. The number of nitrogens with zero attached hydrogens (tertiary/aromatic N) is 3. The van der Waals surface area contributed by atoms with Crippen molar-refractivity contribution in [2.45, 2.75) is 38.0 Å². The molecule has 0 saturated carbocycles. The van der Waals surface area contributed by atoms with Crippen LogP contribution in [0.3, 0.4) is 0 Å². The molecule has 2 atom stereocenters. The van der Waals surface area contributed by atoms with Crippen LogP contribution in [0.1, 0.15) is 31.1 Å². The van der Waals surface area contributed by atoms with Crippen molar-refractivity contribution in [2.75, 3.05) is 27.2 Å². The fourth-order valence-corrected chi connectivity index (χ4v) is 2.95. The van der Waals surface area contributed by atoms with Crippen molar-refractivity contribution in [2.24, 2.45) is 0 Å². The van der Waals surface area contributed by atoms with Gasteiger partial charge in [0.25, 0.3) is 0 Å². The average molecular weight is 333 g/mol. The van der Waals surface area contributed by atoms with E-state index in [0.717, 1.165) is 36.8 Å². The third-order valence-electron chi connectivity index (χ3n) is 3.56. The van der Waals surface area contributed by atoms with Gasteiger partial charge in [-0.15, -0.1) is 0 Å². The molecule has 2 heterocycles. The van der Waals surface area contributed by atoms with Gasteiger partial charge in [-0.05, 0) is 49.4 Å². The first-order valence-electron chi connectivity index (χ1n) is 6.83. The summed E-state index contributed by atoms with van der Waals surface area (Å²) in [6, 6.07) is -0.0835. The second-order valence-electron chi connectivity index (χ2n) is 5.36. The molecule has 1 aromatic rings. The fraction of sp³-hybridized carbons (Fsp3) is 0.769. The average Bonchev–Trinajstić information content (AvgIpc) is 2.78. The maximum atomic E-state index is 14.7. The quantitative estimate of drug-likeness (QED) is 0.898. The van der Waals surface area contributed by atoms with Gasteiger partial charge in [-0.2, -0.15) is 5.10 Å². The summed E-state index contributed by atoms with van der Waals surface area (Å²) >= 11 is 3.43. The Hall–Kier alpha value is -0.460. The van der Waals surface area contributed by atoms with E-state index in [2.05, 4.69) is 31.2 Å². The molecular weight excluding hydrogens is 311 g/mol. The predicted molar refractivity (Wildman–Crippen MR) is 78.0 cm³/mol. The van der Waals surface area contributed by atoms with Crippen molar-refractivity contribution in [3.8, 4) is 0 Å². The number of aromatic nitrogens is 2. The Morgan fingerprint density at radius 2 is 2.37 bits per heavy atom. The lowest BCUT2D eigenvalue weighted by atomic mass is 9.99. The molecule has 4 nitrogen and oxygen atoms in total. The Morgan fingerprint density at radius 1 is 1.58 bits per heavy atom. The van der Waals surface area contributed by atoms with Gasteiger partial charge < -0.3 is 10.2 Å². The summed E-state index contributed by atoms with van der Waals surface area (Å²) in [6.45, 7) is 2.47. The van der Waals surface area contributed by atoms with Crippen LogP contribution in [0.5, 0.6) is 0 Å². The molecule has 1 aliphatic heterocycles. The number of nitrogens with one attached hydrogen (secondary N) is 1. The largest absolute Gasteiger partial charge is 0.311 e. The zero-order chi connectivity index (χ0) is 13.8. The van der Waals surface area contributed by atoms with Crippen molar-refractivity contribution in [3.63, 3.8) is 0 Å². The van der Waals surface area contributed by atoms with E-state index in [4.69, 9.17) is 0 Å². The number of hydrogen-bond acceptors (Lipinski definition) is 3. The molecule has 0 radical (unpaired) electrons. The van der Waals surface area contributed by atoms with Crippen LogP contribution in [0.15, 0.2) is 10.7 Å².